The van der Waals surface area contributed by atoms with E-state index in [1.165, 1.54) is 16.8 Å². The average molecular weight is 407 g/mol. The lowest BCUT2D eigenvalue weighted by atomic mass is 9.95. The molecule has 0 aliphatic carbocycles. The largest absolute Gasteiger partial charge is 0.416 e. The van der Waals surface area contributed by atoms with E-state index in [4.69, 9.17) is 0 Å². The van der Waals surface area contributed by atoms with E-state index in [-0.39, 0.29) is 11.3 Å². The van der Waals surface area contributed by atoms with Gasteiger partial charge in [-0.2, -0.15) is 18.3 Å². The lowest BCUT2D eigenvalue weighted by Crippen LogP contribution is -2.43. The SMILES string of the molecule is CCC1CCCN(C(=O)C(=O)c2c(C)nn(-c3cccc(C(F)(F)F)c3)c2C)C1. The standard InChI is InChI=1S/C21H24F3N3O2/c1-4-15-7-6-10-26(12-15)20(29)19(28)18-13(2)25-27(14(18)3)17-9-5-8-16(11-17)21(22,23)24/h5,8-9,11,15H,4,6-7,10,12H2,1-3H3. The molecule has 0 bridgehead atoms. The molecule has 1 saturated heterocycles. The van der Waals surface area contributed by atoms with Gasteiger partial charge >= 0.3 is 6.18 Å². The van der Waals surface area contributed by atoms with Crippen molar-refractivity contribution in [3.05, 3.63) is 46.8 Å². The molecule has 1 fully saturated rings. The quantitative estimate of drug-likeness (QED) is 0.560. The predicted molar refractivity (Wildman–Crippen MR) is 102 cm³/mol. The molecule has 1 aromatic heterocycles. The third kappa shape index (κ3) is 4.21. The third-order valence-electron chi connectivity index (χ3n) is 5.51. The number of amides is 1. The van der Waals surface area contributed by atoms with Crippen LogP contribution in [0, 0.1) is 19.8 Å². The van der Waals surface area contributed by atoms with Crippen LogP contribution in [-0.2, 0) is 11.0 Å². The van der Waals surface area contributed by atoms with Crippen molar-refractivity contribution in [3.8, 4) is 5.69 Å². The molecule has 3 rings (SSSR count). The van der Waals surface area contributed by atoms with Gasteiger partial charge in [-0.15, -0.1) is 0 Å². The van der Waals surface area contributed by atoms with Crippen molar-refractivity contribution in [3.63, 3.8) is 0 Å². The maximum absolute atomic E-state index is 13.0. The Balaban J connectivity index is 1.92. The van der Waals surface area contributed by atoms with E-state index < -0.39 is 23.4 Å². The summed E-state index contributed by atoms with van der Waals surface area (Å²) in [5.74, 6) is -0.844. The van der Waals surface area contributed by atoms with Crippen LogP contribution >= 0.6 is 0 Å². The first kappa shape index (κ1) is 21.1. The number of aromatic nitrogens is 2. The number of carbonyl (C=O) groups is 2. The number of carbonyl (C=O) groups excluding carboxylic acids is 2. The lowest BCUT2D eigenvalue weighted by Gasteiger charge is -2.31. The molecule has 1 atom stereocenters. The highest BCUT2D eigenvalue weighted by Crippen LogP contribution is 2.31. The Morgan fingerprint density at radius 2 is 1.97 bits per heavy atom. The Labute approximate surface area is 167 Å². The van der Waals surface area contributed by atoms with Crippen molar-refractivity contribution < 1.29 is 22.8 Å². The van der Waals surface area contributed by atoms with E-state index in [0.29, 0.717) is 30.4 Å². The second-order valence-electron chi connectivity index (χ2n) is 7.50. The second-order valence-corrected chi connectivity index (χ2v) is 7.50. The molecule has 8 heteroatoms. The van der Waals surface area contributed by atoms with Crippen LogP contribution < -0.4 is 0 Å². The first-order valence-corrected chi connectivity index (χ1v) is 9.71. The van der Waals surface area contributed by atoms with Crippen LogP contribution in [0.4, 0.5) is 13.2 Å². The summed E-state index contributed by atoms with van der Waals surface area (Å²) in [6.45, 7) is 6.34. The van der Waals surface area contributed by atoms with Crippen molar-refractivity contribution in [2.75, 3.05) is 13.1 Å². The van der Waals surface area contributed by atoms with Crippen molar-refractivity contribution >= 4 is 11.7 Å². The Bertz CT molecular complexity index is 934. The number of hydrogen-bond acceptors (Lipinski definition) is 3. The zero-order valence-corrected chi connectivity index (χ0v) is 16.7. The molecule has 0 radical (unpaired) electrons. The van der Waals surface area contributed by atoms with E-state index in [0.717, 1.165) is 31.4 Å². The number of aryl methyl sites for hydroxylation is 1. The van der Waals surface area contributed by atoms with Gasteiger partial charge in [-0.3, -0.25) is 9.59 Å². The Hall–Kier alpha value is -2.64. The molecule has 1 unspecified atom stereocenters. The third-order valence-corrected chi connectivity index (χ3v) is 5.51. The fourth-order valence-corrected chi connectivity index (χ4v) is 3.87. The van der Waals surface area contributed by atoms with Gasteiger partial charge in [0.1, 0.15) is 0 Å². The number of hydrogen-bond donors (Lipinski definition) is 0. The maximum atomic E-state index is 13.0. The minimum Gasteiger partial charge on any atom is -0.336 e. The van der Waals surface area contributed by atoms with Crippen molar-refractivity contribution in [1.82, 2.24) is 14.7 Å². The highest BCUT2D eigenvalue weighted by atomic mass is 19.4. The molecule has 1 amide bonds. The second kappa shape index (κ2) is 8.00. The molecule has 2 heterocycles. The minimum atomic E-state index is -4.48. The number of ketones is 1. The van der Waals surface area contributed by atoms with Crippen molar-refractivity contribution in [2.24, 2.45) is 5.92 Å². The first-order chi connectivity index (χ1) is 13.6. The number of alkyl halides is 3. The topological polar surface area (TPSA) is 55.2 Å². The summed E-state index contributed by atoms with van der Waals surface area (Å²) in [5, 5.41) is 4.24. The van der Waals surface area contributed by atoms with Gasteiger partial charge in [0.25, 0.3) is 11.7 Å². The normalized spacial score (nSPS) is 17.4. The fraction of sp³-hybridized carbons (Fsp3) is 0.476. The van der Waals surface area contributed by atoms with Crippen molar-refractivity contribution in [1.29, 1.82) is 0 Å². The fourth-order valence-electron chi connectivity index (χ4n) is 3.87. The molecule has 0 spiro atoms. The number of likely N-dealkylation sites (tertiary alicyclic amines) is 1. The van der Waals surface area contributed by atoms with Gasteiger partial charge in [0.05, 0.1) is 28.2 Å². The number of rotatable bonds is 4. The molecule has 5 nitrogen and oxygen atoms in total. The van der Waals surface area contributed by atoms with E-state index in [2.05, 4.69) is 12.0 Å². The van der Waals surface area contributed by atoms with Gasteiger partial charge in [-0.1, -0.05) is 19.4 Å². The minimum absolute atomic E-state index is 0.158. The summed E-state index contributed by atoms with van der Waals surface area (Å²) in [7, 11) is 0. The van der Waals surface area contributed by atoms with Gasteiger partial charge in [-0.25, -0.2) is 4.68 Å². The molecule has 0 saturated carbocycles. The monoisotopic (exact) mass is 407 g/mol. The molecule has 1 aliphatic heterocycles. The van der Waals surface area contributed by atoms with E-state index in [1.54, 1.807) is 18.7 Å². The summed E-state index contributed by atoms with van der Waals surface area (Å²) < 4.78 is 40.4. The molecule has 2 aromatic rings. The highest BCUT2D eigenvalue weighted by Gasteiger charge is 2.33. The van der Waals surface area contributed by atoms with Gasteiger partial charge in [0.15, 0.2) is 0 Å². The molecule has 0 N–H and O–H groups in total. The summed E-state index contributed by atoms with van der Waals surface area (Å²) in [5.41, 5.74) is 0.221. The summed E-state index contributed by atoms with van der Waals surface area (Å²) in [4.78, 5) is 27.3. The maximum Gasteiger partial charge on any atom is 0.416 e. The molecular weight excluding hydrogens is 383 g/mol. The summed E-state index contributed by atoms with van der Waals surface area (Å²) in [6.07, 6.45) is -1.63. The van der Waals surface area contributed by atoms with Crippen LogP contribution in [0.2, 0.25) is 0 Å². The Morgan fingerprint density at radius 3 is 2.62 bits per heavy atom. The van der Waals surface area contributed by atoms with Crippen LogP contribution in [0.3, 0.4) is 0 Å². The number of Topliss-reactive ketones (excluding diaryl/α,β-unsaturated/α-hetero) is 1. The highest BCUT2D eigenvalue weighted by molar-refractivity contribution is 6.43. The summed E-state index contributed by atoms with van der Waals surface area (Å²) >= 11 is 0. The lowest BCUT2D eigenvalue weighted by molar-refractivity contribution is -0.137. The number of piperidine rings is 1. The van der Waals surface area contributed by atoms with E-state index in [1.807, 2.05) is 0 Å². The predicted octanol–water partition coefficient (Wildman–Crippen LogP) is 4.34. The Kier molecular flexibility index (Phi) is 5.82. The van der Waals surface area contributed by atoms with Gasteiger partial charge in [0.2, 0.25) is 0 Å². The van der Waals surface area contributed by atoms with Crippen LogP contribution in [0.5, 0.6) is 0 Å². The van der Waals surface area contributed by atoms with E-state index >= 15 is 0 Å². The van der Waals surface area contributed by atoms with Crippen LogP contribution in [0.15, 0.2) is 24.3 Å². The van der Waals surface area contributed by atoms with Crippen LogP contribution in [0.25, 0.3) is 5.69 Å². The molecule has 1 aliphatic rings. The molecule has 29 heavy (non-hydrogen) atoms. The molecule has 1 aromatic carbocycles. The first-order valence-electron chi connectivity index (χ1n) is 9.71. The van der Waals surface area contributed by atoms with Gasteiger partial charge in [0, 0.05) is 13.1 Å². The zero-order chi connectivity index (χ0) is 21.3. The molecule has 156 valence electrons. The number of benzene rings is 1. The van der Waals surface area contributed by atoms with Gasteiger partial charge < -0.3 is 4.90 Å². The summed E-state index contributed by atoms with van der Waals surface area (Å²) in [6, 6.07) is 4.73. The smallest absolute Gasteiger partial charge is 0.336 e. The number of halogens is 3. The number of nitrogens with zero attached hydrogens (tertiary/aromatic N) is 3. The van der Waals surface area contributed by atoms with Crippen LogP contribution in [-0.4, -0.2) is 39.5 Å². The van der Waals surface area contributed by atoms with Crippen molar-refractivity contribution in [2.45, 2.75) is 46.2 Å². The van der Waals surface area contributed by atoms with Crippen LogP contribution in [0.1, 0.15) is 53.5 Å². The van der Waals surface area contributed by atoms with Gasteiger partial charge in [-0.05, 0) is 50.8 Å². The average Bonchev–Trinajstić information content (AvgIpc) is 3.00. The van der Waals surface area contributed by atoms with E-state index in [9.17, 15) is 22.8 Å². The zero-order valence-electron chi connectivity index (χ0n) is 16.7. The molecular formula is C21H24F3N3O2. The Morgan fingerprint density at radius 1 is 1.24 bits per heavy atom.